The summed E-state index contributed by atoms with van der Waals surface area (Å²) >= 11 is 0. The van der Waals surface area contributed by atoms with Crippen LogP contribution in [-0.2, 0) is 0 Å². The van der Waals surface area contributed by atoms with E-state index in [2.05, 4.69) is 33.7 Å². The second-order valence-electron chi connectivity index (χ2n) is 7.70. The van der Waals surface area contributed by atoms with Crippen LogP contribution in [0.2, 0.25) is 0 Å². The smallest absolute Gasteiger partial charge is 0.262 e. The normalized spacial score (nSPS) is 14.2. The molecule has 1 saturated heterocycles. The minimum absolute atomic E-state index is 0.146. The molecule has 6 heteroatoms. The molecule has 0 atom stereocenters. The maximum absolute atomic E-state index is 12.8. The Labute approximate surface area is 164 Å². The Bertz CT molecular complexity index is 1010. The van der Waals surface area contributed by atoms with Crippen LogP contribution in [0.3, 0.4) is 0 Å². The molecule has 28 heavy (non-hydrogen) atoms. The van der Waals surface area contributed by atoms with Crippen LogP contribution in [0.5, 0.6) is 5.75 Å². The molecule has 1 aromatic carbocycles. The summed E-state index contributed by atoms with van der Waals surface area (Å²) in [5, 5.41) is 0.527. The van der Waals surface area contributed by atoms with E-state index in [9.17, 15) is 4.79 Å². The number of aromatic nitrogens is 3. The number of hydrogen-bond donors (Lipinski definition) is 1. The molecule has 1 aliphatic heterocycles. The SMILES string of the molecule is CC(C)CCOc1ccc(-c2ccnc3nc(N4CCCC4)[nH]c(=O)c23)cc1. The van der Waals surface area contributed by atoms with Gasteiger partial charge in [-0.15, -0.1) is 0 Å². The Kier molecular flexibility index (Phi) is 5.28. The highest BCUT2D eigenvalue weighted by Crippen LogP contribution is 2.27. The number of aromatic amines is 1. The van der Waals surface area contributed by atoms with E-state index in [0.717, 1.165) is 49.2 Å². The van der Waals surface area contributed by atoms with Gasteiger partial charge in [-0.1, -0.05) is 26.0 Å². The van der Waals surface area contributed by atoms with E-state index >= 15 is 0 Å². The maximum atomic E-state index is 12.8. The largest absolute Gasteiger partial charge is 0.494 e. The molecule has 4 rings (SSSR count). The van der Waals surface area contributed by atoms with Crippen molar-refractivity contribution in [1.29, 1.82) is 0 Å². The highest BCUT2D eigenvalue weighted by Gasteiger charge is 2.17. The molecule has 2 aromatic heterocycles. The lowest BCUT2D eigenvalue weighted by molar-refractivity contribution is 0.289. The molecule has 1 fully saturated rings. The molecule has 0 saturated carbocycles. The highest BCUT2D eigenvalue weighted by atomic mass is 16.5. The summed E-state index contributed by atoms with van der Waals surface area (Å²) in [7, 11) is 0. The summed E-state index contributed by atoms with van der Waals surface area (Å²) in [5.74, 6) is 2.08. The van der Waals surface area contributed by atoms with E-state index in [1.54, 1.807) is 6.20 Å². The Morgan fingerprint density at radius 3 is 2.61 bits per heavy atom. The van der Waals surface area contributed by atoms with Gasteiger partial charge in [0.25, 0.3) is 5.56 Å². The molecule has 0 spiro atoms. The lowest BCUT2D eigenvalue weighted by Gasteiger charge is -2.16. The average Bonchev–Trinajstić information content (AvgIpc) is 3.22. The zero-order chi connectivity index (χ0) is 19.5. The summed E-state index contributed by atoms with van der Waals surface area (Å²) in [4.78, 5) is 26.9. The standard InChI is InChI=1S/C22H26N4O2/c1-15(2)10-14-28-17-7-5-16(6-8-17)18-9-11-23-20-19(18)21(27)25-22(24-20)26-12-3-4-13-26/h5-9,11,15H,3-4,10,12-14H2,1-2H3,(H,23,24,25,27). The summed E-state index contributed by atoms with van der Waals surface area (Å²) < 4.78 is 5.79. The minimum atomic E-state index is -0.146. The van der Waals surface area contributed by atoms with E-state index in [4.69, 9.17) is 4.74 Å². The Balaban J connectivity index is 1.64. The molecule has 1 aliphatic rings. The lowest BCUT2D eigenvalue weighted by atomic mass is 10.0. The number of pyridine rings is 1. The zero-order valence-electron chi connectivity index (χ0n) is 16.4. The van der Waals surface area contributed by atoms with Crippen molar-refractivity contribution in [3.05, 3.63) is 46.9 Å². The van der Waals surface area contributed by atoms with Gasteiger partial charge in [0.2, 0.25) is 5.95 Å². The number of benzene rings is 1. The quantitative estimate of drug-likeness (QED) is 0.702. The van der Waals surface area contributed by atoms with Crippen LogP contribution in [-0.4, -0.2) is 34.6 Å². The molecule has 6 nitrogen and oxygen atoms in total. The molecule has 3 heterocycles. The van der Waals surface area contributed by atoms with Crippen molar-refractivity contribution >= 4 is 17.0 Å². The van der Waals surface area contributed by atoms with Crippen LogP contribution in [0.15, 0.2) is 41.3 Å². The van der Waals surface area contributed by atoms with E-state index < -0.39 is 0 Å². The van der Waals surface area contributed by atoms with Crippen LogP contribution < -0.4 is 15.2 Å². The van der Waals surface area contributed by atoms with Crippen molar-refractivity contribution in [2.24, 2.45) is 5.92 Å². The second kappa shape index (κ2) is 8.00. The topological polar surface area (TPSA) is 71.1 Å². The predicted octanol–water partition coefficient (Wildman–Crippen LogP) is 4.01. The fraction of sp³-hybridized carbons (Fsp3) is 0.409. The van der Waals surface area contributed by atoms with Gasteiger partial charge in [0.15, 0.2) is 5.65 Å². The van der Waals surface area contributed by atoms with Crippen molar-refractivity contribution in [2.45, 2.75) is 33.1 Å². The van der Waals surface area contributed by atoms with Gasteiger partial charge < -0.3 is 9.64 Å². The summed E-state index contributed by atoms with van der Waals surface area (Å²) in [6.45, 7) is 6.92. The van der Waals surface area contributed by atoms with Crippen LogP contribution in [0.4, 0.5) is 5.95 Å². The Morgan fingerprint density at radius 1 is 1.14 bits per heavy atom. The molecular weight excluding hydrogens is 352 g/mol. The van der Waals surface area contributed by atoms with Crippen LogP contribution in [0, 0.1) is 5.92 Å². The third-order valence-electron chi connectivity index (χ3n) is 5.13. The van der Waals surface area contributed by atoms with Crippen LogP contribution >= 0.6 is 0 Å². The molecule has 146 valence electrons. The van der Waals surface area contributed by atoms with Gasteiger partial charge >= 0.3 is 0 Å². The van der Waals surface area contributed by atoms with Gasteiger partial charge in [-0.3, -0.25) is 9.78 Å². The van der Waals surface area contributed by atoms with E-state index in [0.29, 0.717) is 29.5 Å². The number of nitrogens with zero attached hydrogens (tertiary/aromatic N) is 3. The Morgan fingerprint density at radius 2 is 1.89 bits per heavy atom. The predicted molar refractivity (Wildman–Crippen MR) is 112 cm³/mol. The first kappa shape index (κ1) is 18.5. The van der Waals surface area contributed by atoms with E-state index in [1.807, 2.05) is 30.3 Å². The van der Waals surface area contributed by atoms with Gasteiger partial charge in [-0.2, -0.15) is 4.98 Å². The Hall–Kier alpha value is -2.89. The molecule has 0 bridgehead atoms. The van der Waals surface area contributed by atoms with E-state index in [-0.39, 0.29) is 5.56 Å². The number of ether oxygens (including phenoxy) is 1. The van der Waals surface area contributed by atoms with Crippen molar-refractivity contribution < 1.29 is 4.74 Å². The first-order valence-electron chi connectivity index (χ1n) is 9.99. The van der Waals surface area contributed by atoms with Gasteiger partial charge in [0, 0.05) is 19.3 Å². The summed E-state index contributed by atoms with van der Waals surface area (Å²) in [6.07, 6.45) is 4.99. The first-order chi connectivity index (χ1) is 13.6. The molecule has 1 N–H and O–H groups in total. The van der Waals surface area contributed by atoms with Gasteiger partial charge in [0.05, 0.1) is 12.0 Å². The molecule has 3 aromatic rings. The number of hydrogen-bond acceptors (Lipinski definition) is 5. The zero-order valence-corrected chi connectivity index (χ0v) is 16.4. The van der Waals surface area contributed by atoms with Gasteiger partial charge in [0.1, 0.15) is 5.75 Å². The minimum Gasteiger partial charge on any atom is -0.494 e. The summed E-state index contributed by atoms with van der Waals surface area (Å²) in [6, 6.07) is 9.72. The average molecular weight is 378 g/mol. The fourth-order valence-corrected chi connectivity index (χ4v) is 3.51. The molecule has 0 amide bonds. The van der Waals surface area contributed by atoms with E-state index in [1.165, 1.54) is 0 Å². The first-order valence-corrected chi connectivity index (χ1v) is 9.99. The number of anilines is 1. The van der Waals surface area contributed by atoms with Gasteiger partial charge in [-0.25, -0.2) is 4.98 Å². The molecule has 0 unspecified atom stereocenters. The number of nitrogens with one attached hydrogen (secondary N) is 1. The van der Waals surface area contributed by atoms with Crippen LogP contribution in [0.25, 0.3) is 22.2 Å². The van der Waals surface area contributed by atoms with Crippen molar-refractivity contribution in [3.8, 4) is 16.9 Å². The third-order valence-corrected chi connectivity index (χ3v) is 5.13. The highest BCUT2D eigenvalue weighted by molar-refractivity contribution is 5.92. The molecule has 0 radical (unpaired) electrons. The van der Waals surface area contributed by atoms with Crippen LogP contribution in [0.1, 0.15) is 33.1 Å². The summed E-state index contributed by atoms with van der Waals surface area (Å²) in [5.41, 5.74) is 2.12. The van der Waals surface area contributed by atoms with Gasteiger partial charge in [-0.05, 0) is 54.5 Å². The number of fused-ring (bicyclic) bond motifs is 1. The fourth-order valence-electron chi connectivity index (χ4n) is 3.51. The van der Waals surface area contributed by atoms with Crippen molar-refractivity contribution in [3.63, 3.8) is 0 Å². The molecule has 0 aliphatic carbocycles. The third kappa shape index (κ3) is 3.86. The van der Waals surface area contributed by atoms with Crippen molar-refractivity contribution in [1.82, 2.24) is 15.0 Å². The second-order valence-corrected chi connectivity index (χ2v) is 7.70. The maximum Gasteiger partial charge on any atom is 0.262 e. The van der Waals surface area contributed by atoms with Crippen molar-refractivity contribution in [2.75, 3.05) is 24.6 Å². The monoisotopic (exact) mass is 378 g/mol. The lowest BCUT2D eigenvalue weighted by Crippen LogP contribution is -2.24. The number of rotatable bonds is 6. The molecular formula is C22H26N4O2. The number of H-pyrrole nitrogens is 1.